The topological polar surface area (TPSA) is 0 Å². The van der Waals surface area contributed by atoms with Crippen molar-refractivity contribution >= 4 is 12.2 Å². The van der Waals surface area contributed by atoms with E-state index in [1.54, 1.807) is 0 Å². The van der Waals surface area contributed by atoms with Crippen LogP contribution in [0.3, 0.4) is 0 Å². The van der Waals surface area contributed by atoms with E-state index in [1.807, 2.05) is 85.0 Å². The van der Waals surface area contributed by atoms with Crippen molar-refractivity contribution in [3.8, 4) is 23.7 Å². The van der Waals surface area contributed by atoms with Crippen LogP contribution in [0.2, 0.25) is 0 Å². The van der Waals surface area contributed by atoms with Gasteiger partial charge in [0, 0.05) is 11.1 Å². The Balaban J connectivity index is 1.71. The lowest BCUT2D eigenvalue weighted by atomic mass is 10.1. The van der Waals surface area contributed by atoms with Gasteiger partial charge in [0.2, 0.25) is 0 Å². The summed E-state index contributed by atoms with van der Waals surface area (Å²) in [4.78, 5) is 0. The largest absolute Gasteiger partial charge is 0.0695 e. The minimum Gasteiger partial charge on any atom is -0.0695 e. The summed E-state index contributed by atoms with van der Waals surface area (Å²) in [5, 5.41) is 0. The van der Waals surface area contributed by atoms with Crippen molar-refractivity contribution in [1.29, 1.82) is 0 Å². The van der Waals surface area contributed by atoms with Crippen LogP contribution in [0.5, 0.6) is 0 Å². The molecule has 0 fully saturated rings. The van der Waals surface area contributed by atoms with Gasteiger partial charge in [0.05, 0.1) is 0 Å². The molecule has 0 aromatic heterocycles. The fourth-order valence-corrected chi connectivity index (χ4v) is 2.34. The standard InChI is InChI=1S/C26H18/c1-3-13-23(14-4-1)17-7-9-19-25-21-11-12-22-26(25)20-10-8-18-24-15-5-2-6-16-24/h1-8,11-18,21-22H/b17-7+,18-8+. The number of hydrogen-bond acceptors (Lipinski definition) is 0. The number of benzene rings is 3. The highest BCUT2D eigenvalue weighted by Gasteiger charge is 1.93. The van der Waals surface area contributed by atoms with Gasteiger partial charge in [-0.1, -0.05) is 96.5 Å². The van der Waals surface area contributed by atoms with Gasteiger partial charge in [-0.2, -0.15) is 0 Å². The van der Waals surface area contributed by atoms with Crippen LogP contribution in [0.25, 0.3) is 12.2 Å². The lowest BCUT2D eigenvalue weighted by Crippen LogP contribution is -1.81. The molecule has 3 rings (SSSR count). The van der Waals surface area contributed by atoms with E-state index in [1.165, 1.54) is 0 Å². The molecule has 122 valence electrons. The SMILES string of the molecule is C(#Cc1ccccc1C#C/C=C/c1ccccc1)/C=C/c1ccccc1. The smallest absolute Gasteiger partial charge is 0.0405 e. The van der Waals surface area contributed by atoms with Crippen LogP contribution in [-0.4, -0.2) is 0 Å². The molecule has 0 heteroatoms. The lowest BCUT2D eigenvalue weighted by Gasteiger charge is -1.94. The van der Waals surface area contributed by atoms with Crippen molar-refractivity contribution in [2.75, 3.05) is 0 Å². The molecule has 0 aliphatic heterocycles. The van der Waals surface area contributed by atoms with Crippen molar-refractivity contribution in [2.45, 2.75) is 0 Å². The Morgan fingerprint density at radius 1 is 0.462 bits per heavy atom. The average Bonchev–Trinajstić information content (AvgIpc) is 2.71. The molecule has 0 aliphatic carbocycles. The molecule has 0 unspecified atom stereocenters. The highest BCUT2D eigenvalue weighted by atomic mass is 13.9. The predicted molar refractivity (Wildman–Crippen MR) is 111 cm³/mol. The maximum Gasteiger partial charge on any atom is 0.0405 e. The molecule has 26 heavy (non-hydrogen) atoms. The van der Waals surface area contributed by atoms with Gasteiger partial charge in [-0.25, -0.2) is 0 Å². The van der Waals surface area contributed by atoms with E-state index in [4.69, 9.17) is 0 Å². The Morgan fingerprint density at radius 3 is 1.27 bits per heavy atom. The summed E-state index contributed by atoms with van der Waals surface area (Å²) in [5.41, 5.74) is 4.15. The van der Waals surface area contributed by atoms with Crippen LogP contribution < -0.4 is 0 Å². The molecule has 3 aromatic carbocycles. The van der Waals surface area contributed by atoms with E-state index in [9.17, 15) is 0 Å². The molecular formula is C26H18. The van der Waals surface area contributed by atoms with Gasteiger partial charge < -0.3 is 0 Å². The molecule has 0 radical (unpaired) electrons. The minimum absolute atomic E-state index is 0.936. The van der Waals surface area contributed by atoms with Crippen LogP contribution >= 0.6 is 0 Å². The average molecular weight is 330 g/mol. The Hall–Kier alpha value is -3.74. The van der Waals surface area contributed by atoms with E-state index in [0.717, 1.165) is 22.3 Å². The molecule has 0 saturated heterocycles. The van der Waals surface area contributed by atoms with Gasteiger partial charge in [-0.15, -0.1) is 0 Å². The molecule has 0 spiro atoms. The molecule has 0 nitrogen and oxygen atoms in total. The molecule has 3 aromatic rings. The Morgan fingerprint density at radius 2 is 0.846 bits per heavy atom. The molecule has 0 atom stereocenters. The van der Waals surface area contributed by atoms with Crippen molar-refractivity contribution in [2.24, 2.45) is 0 Å². The first-order chi connectivity index (χ1) is 12.9. The molecule has 0 bridgehead atoms. The van der Waals surface area contributed by atoms with Crippen LogP contribution in [0, 0.1) is 23.7 Å². The van der Waals surface area contributed by atoms with E-state index in [-0.39, 0.29) is 0 Å². The number of allylic oxidation sites excluding steroid dienone is 2. The van der Waals surface area contributed by atoms with Crippen LogP contribution in [0.1, 0.15) is 22.3 Å². The third-order valence-electron chi connectivity index (χ3n) is 3.66. The first kappa shape index (κ1) is 17.1. The van der Waals surface area contributed by atoms with Gasteiger partial charge in [0.1, 0.15) is 0 Å². The van der Waals surface area contributed by atoms with E-state index in [2.05, 4.69) is 47.9 Å². The molecule has 0 aliphatic rings. The van der Waals surface area contributed by atoms with Gasteiger partial charge >= 0.3 is 0 Å². The molecule has 0 heterocycles. The second kappa shape index (κ2) is 9.53. The fourth-order valence-electron chi connectivity index (χ4n) is 2.34. The molecule has 0 saturated carbocycles. The van der Waals surface area contributed by atoms with E-state index in [0.29, 0.717) is 0 Å². The maximum atomic E-state index is 3.18. The monoisotopic (exact) mass is 330 g/mol. The first-order valence-electron chi connectivity index (χ1n) is 8.47. The Labute approximate surface area is 155 Å². The van der Waals surface area contributed by atoms with Crippen LogP contribution in [-0.2, 0) is 0 Å². The lowest BCUT2D eigenvalue weighted by molar-refractivity contribution is 1.59. The first-order valence-corrected chi connectivity index (χ1v) is 8.47. The van der Waals surface area contributed by atoms with E-state index < -0.39 is 0 Å². The predicted octanol–water partition coefficient (Wildman–Crippen LogP) is 5.82. The van der Waals surface area contributed by atoms with Gasteiger partial charge in [0.25, 0.3) is 0 Å². The number of rotatable bonds is 2. The van der Waals surface area contributed by atoms with Crippen molar-refractivity contribution in [3.05, 3.63) is 119 Å². The zero-order valence-electron chi connectivity index (χ0n) is 14.4. The van der Waals surface area contributed by atoms with Crippen molar-refractivity contribution in [3.63, 3.8) is 0 Å². The van der Waals surface area contributed by atoms with E-state index >= 15 is 0 Å². The molecule has 0 N–H and O–H groups in total. The third kappa shape index (κ3) is 5.41. The quantitative estimate of drug-likeness (QED) is 0.520. The maximum absolute atomic E-state index is 3.18. The molecular weight excluding hydrogens is 312 g/mol. The summed E-state index contributed by atoms with van der Waals surface area (Å²) in [6.07, 6.45) is 7.75. The Bertz CT molecular complexity index is 929. The second-order valence-corrected chi connectivity index (χ2v) is 5.57. The summed E-state index contributed by atoms with van der Waals surface area (Å²) >= 11 is 0. The number of hydrogen-bond donors (Lipinski definition) is 0. The van der Waals surface area contributed by atoms with Gasteiger partial charge in [-0.05, 0) is 47.6 Å². The third-order valence-corrected chi connectivity index (χ3v) is 3.66. The van der Waals surface area contributed by atoms with Crippen LogP contribution in [0.4, 0.5) is 0 Å². The fraction of sp³-hybridized carbons (Fsp3) is 0. The minimum atomic E-state index is 0.936. The summed E-state index contributed by atoms with van der Waals surface area (Å²) in [5.74, 6) is 12.5. The van der Waals surface area contributed by atoms with Crippen molar-refractivity contribution < 1.29 is 0 Å². The zero-order chi connectivity index (χ0) is 17.9. The van der Waals surface area contributed by atoms with Gasteiger partial charge in [0.15, 0.2) is 0 Å². The summed E-state index contributed by atoms with van der Waals surface area (Å²) in [6, 6.07) is 28.2. The summed E-state index contributed by atoms with van der Waals surface area (Å²) in [7, 11) is 0. The van der Waals surface area contributed by atoms with Gasteiger partial charge in [-0.3, -0.25) is 0 Å². The molecule has 0 amide bonds. The summed E-state index contributed by atoms with van der Waals surface area (Å²) < 4.78 is 0. The highest BCUT2D eigenvalue weighted by molar-refractivity contribution is 5.57. The van der Waals surface area contributed by atoms with Crippen molar-refractivity contribution in [1.82, 2.24) is 0 Å². The Kier molecular flexibility index (Phi) is 6.27. The highest BCUT2D eigenvalue weighted by Crippen LogP contribution is 2.06. The second-order valence-electron chi connectivity index (χ2n) is 5.57. The van der Waals surface area contributed by atoms with Crippen LogP contribution in [0.15, 0.2) is 97.1 Å². The zero-order valence-corrected chi connectivity index (χ0v) is 14.4. The normalized spacial score (nSPS) is 10.2. The summed E-state index contributed by atoms with van der Waals surface area (Å²) in [6.45, 7) is 0.